The van der Waals surface area contributed by atoms with Crippen molar-refractivity contribution in [3.8, 4) is 17.6 Å². The van der Waals surface area contributed by atoms with Crippen molar-refractivity contribution in [2.45, 2.75) is 63.8 Å². The second-order valence-electron chi connectivity index (χ2n) is 7.57. The first-order valence-electron chi connectivity index (χ1n) is 9.99. The first kappa shape index (κ1) is 26.7. The molecule has 1 aliphatic carbocycles. The maximum Gasteiger partial charge on any atom is 1.00 e. The summed E-state index contributed by atoms with van der Waals surface area (Å²) in [7, 11) is 0. The van der Waals surface area contributed by atoms with Gasteiger partial charge in [0.2, 0.25) is 0 Å². The molecule has 0 spiro atoms. The molecule has 6 heteroatoms. The van der Waals surface area contributed by atoms with Gasteiger partial charge in [-0.15, -0.1) is 11.8 Å². The molecule has 1 saturated carbocycles. The van der Waals surface area contributed by atoms with Crippen LogP contribution in [0.5, 0.6) is 5.75 Å². The van der Waals surface area contributed by atoms with E-state index < -0.39 is 12.2 Å². The van der Waals surface area contributed by atoms with E-state index in [1.165, 1.54) is 11.1 Å². The molecule has 1 fully saturated rings. The number of rotatable bonds is 6. The van der Waals surface area contributed by atoms with Crippen molar-refractivity contribution in [2.24, 2.45) is 11.8 Å². The maximum absolute atomic E-state index is 10.5. The van der Waals surface area contributed by atoms with Crippen LogP contribution in [0.25, 0.3) is 0 Å². The second kappa shape index (κ2) is 13.1. The van der Waals surface area contributed by atoms with Crippen LogP contribution in [0.2, 0.25) is 0 Å². The Bertz CT molecular complexity index is 804. The summed E-state index contributed by atoms with van der Waals surface area (Å²) in [6.07, 6.45) is 6.13. The molecule has 1 heterocycles. The number of aliphatic hydroxyl groups is 2. The van der Waals surface area contributed by atoms with Crippen molar-refractivity contribution < 1.29 is 54.1 Å². The predicted octanol–water partition coefficient (Wildman–Crippen LogP) is 0.0658. The Labute approximate surface area is 201 Å². The normalized spacial score (nSPS) is 25.2. The molecule has 0 aromatic heterocycles. The molecule has 6 atom stereocenters. The summed E-state index contributed by atoms with van der Waals surface area (Å²) in [6, 6.07) is 6.29. The molecule has 0 amide bonds. The van der Waals surface area contributed by atoms with Crippen LogP contribution in [-0.4, -0.2) is 34.7 Å². The van der Waals surface area contributed by atoms with Gasteiger partial charge in [-0.2, -0.15) is 16.0 Å². The van der Waals surface area contributed by atoms with Crippen LogP contribution in [0, 0.1) is 30.6 Å². The van der Waals surface area contributed by atoms with E-state index in [0.29, 0.717) is 12.8 Å². The third-order valence-electron chi connectivity index (χ3n) is 5.65. The average Bonchev–Trinajstić information content (AvgIpc) is 3.20. The van der Waals surface area contributed by atoms with E-state index in [1.807, 2.05) is 26.0 Å². The monoisotopic (exact) mass is 420 g/mol. The molecule has 30 heavy (non-hydrogen) atoms. The molecule has 5 nitrogen and oxygen atoms in total. The Hall–Kier alpha value is -1.38. The first-order chi connectivity index (χ1) is 14.0. The molecule has 156 valence electrons. The quantitative estimate of drug-likeness (QED) is 0.295. The van der Waals surface area contributed by atoms with E-state index in [4.69, 9.17) is 14.3 Å². The van der Waals surface area contributed by atoms with E-state index in [9.17, 15) is 10.2 Å². The number of hydrogen-bond acceptors (Lipinski definition) is 5. The number of carbonyl (C=O) groups excluding carboxylic acids is 2. The van der Waals surface area contributed by atoms with E-state index in [2.05, 4.69) is 37.0 Å². The van der Waals surface area contributed by atoms with Crippen LogP contribution < -0.4 is 34.3 Å². The summed E-state index contributed by atoms with van der Waals surface area (Å²) in [5.74, 6) is 7.07. The first-order valence-corrected chi connectivity index (χ1v) is 9.99. The molecule has 1 aliphatic heterocycles. The van der Waals surface area contributed by atoms with Crippen LogP contribution in [-0.2, 0) is 16.0 Å². The van der Waals surface area contributed by atoms with Gasteiger partial charge in [0.1, 0.15) is 11.9 Å². The Morgan fingerprint density at radius 2 is 2.07 bits per heavy atom. The smallest absolute Gasteiger partial charge is 0.489 e. The summed E-state index contributed by atoms with van der Waals surface area (Å²) in [4.78, 5) is 16.2. The zero-order valence-corrected chi connectivity index (χ0v) is 20.0. The summed E-state index contributed by atoms with van der Waals surface area (Å²) in [6.45, 7) is 7.75. The summed E-state index contributed by atoms with van der Waals surface area (Å²) in [5, 5.41) is 20.9. The van der Waals surface area contributed by atoms with Gasteiger partial charge in [-0.05, 0) is 18.4 Å². The number of fused-ring (bicyclic) bond motifs is 3. The fourth-order valence-corrected chi connectivity index (χ4v) is 4.17. The van der Waals surface area contributed by atoms with Gasteiger partial charge in [0.25, 0.3) is 0 Å². The van der Waals surface area contributed by atoms with Gasteiger partial charge in [-0.3, -0.25) is 0 Å². The summed E-state index contributed by atoms with van der Waals surface area (Å²) >= 11 is 0. The van der Waals surface area contributed by atoms with Crippen LogP contribution in [0.3, 0.4) is 0 Å². The van der Waals surface area contributed by atoms with Crippen LogP contribution in [0.1, 0.15) is 50.2 Å². The molecule has 3 rings (SSSR count). The Morgan fingerprint density at radius 1 is 1.37 bits per heavy atom. The zero-order valence-electron chi connectivity index (χ0n) is 18.0. The SMILES string of the molecule is O=C=O.[CH2-]CCc1cccc2c1O[C@H]1C[C@@H](O)[C@H](/C=C/[C@@H](O)C(C)CC#CC)[C@@H]21.[Na+]. The number of hydrogen-bond donors (Lipinski definition) is 2. The van der Waals surface area contributed by atoms with Crippen molar-refractivity contribution in [2.75, 3.05) is 0 Å². The van der Waals surface area contributed by atoms with Crippen molar-refractivity contribution >= 4 is 6.15 Å². The molecule has 1 unspecified atom stereocenters. The minimum atomic E-state index is -0.554. The van der Waals surface area contributed by atoms with Crippen molar-refractivity contribution in [1.82, 2.24) is 0 Å². The molecule has 2 N–H and O–H groups in total. The maximum atomic E-state index is 10.5. The van der Waals surface area contributed by atoms with E-state index in [1.54, 1.807) is 0 Å². The zero-order chi connectivity index (χ0) is 21.4. The number of benzene rings is 1. The van der Waals surface area contributed by atoms with Crippen LogP contribution in [0.15, 0.2) is 30.4 Å². The van der Waals surface area contributed by atoms with E-state index in [-0.39, 0.29) is 59.6 Å². The van der Waals surface area contributed by atoms with Crippen molar-refractivity contribution in [3.63, 3.8) is 0 Å². The van der Waals surface area contributed by atoms with Crippen molar-refractivity contribution in [1.29, 1.82) is 0 Å². The molecule has 1 aromatic rings. The number of para-hydroxylation sites is 1. The second-order valence-corrected chi connectivity index (χ2v) is 7.57. The third-order valence-corrected chi connectivity index (χ3v) is 5.65. The molecule has 2 aliphatic rings. The van der Waals surface area contributed by atoms with Gasteiger partial charge in [-0.1, -0.05) is 43.7 Å². The minimum absolute atomic E-state index is 0. The van der Waals surface area contributed by atoms with Gasteiger partial charge < -0.3 is 21.9 Å². The van der Waals surface area contributed by atoms with Crippen LogP contribution >= 0.6 is 0 Å². The molecule has 0 saturated heterocycles. The van der Waals surface area contributed by atoms with Gasteiger partial charge in [0.05, 0.1) is 12.2 Å². The average molecular weight is 420 g/mol. The van der Waals surface area contributed by atoms with E-state index >= 15 is 0 Å². The Morgan fingerprint density at radius 3 is 2.70 bits per heavy atom. The molecular weight excluding hydrogens is 391 g/mol. The fourth-order valence-electron chi connectivity index (χ4n) is 4.17. The molecular formula is C24H29NaO5. The van der Waals surface area contributed by atoms with Gasteiger partial charge >= 0.3 is 35.7 Å². The Kier molecular flexibility index (Phi) is 11.7. The fraction of sp³-hybridized carbons (Fsp3) is 0.500. The largest absolute Gasteiger partial charge is 1.00 e. The van der Waals surface area contributed by atoms with Gasteiger partial charge in [0.15, 0.2) is 0 Å². The third kappa shape index (κ3) is 6.31. The van der Waals surface area contributed by atoms with Gasteiger partial charge in [0, 0.05) is 30.2 Å². The van der Waals surface area contributed by atoms with Crippen LogP contribution in [0.4, 0.5) is 0 Å². The number of aryl methyl sites for hydroxylation is 1. The topological polar surface area (TPSA) is 83.8 Å². The Balaban J connectivity index is 0.00000106. The summed E-state index contributed by atoms with van der Waals surface area (Å²) < 4.78 is 6.22. The van der Waals surface area contributed by atoms with Crippen molar-refractivity contribution in [3.05, 3.63) is 48.4 Å². The number of aliphatic hydroxyl groups excluding tert-OH is 2. The molecule has 0 radical (unpaired) electrons. The van der Waals surface area contributed by atoms with Gasteiger partial charge in [-0.25, -0.2) is 0 Å². The number of ether oxygens (including phenoxy) is 1. The van der Waals surface area contributed by atoms with E-state index in [0.717, 1.165) is 18.6 Å². The molecule has 1 aromatic carbocycles. The minimum Gasteiger partial charge on any atom is -0.489 e. The standard InChI is InChI=1S/C23H29O3.CO2.Na/c1-4-6-9-15(3)19(24)13-12-17-20(25)14-21-22(17)18-11-7-10-16(8-5-2)23(18)26-21;2-1-3;/h7,10-13,15,17,19-22,24-25H,2,5,8-9,14H2,1,3H3;;/q-1;;+1/b13-12+;;/t15?,17-,19+,20+,21-,22-;;/m0../s1. The molecule has 0 bridgehead atoms. The summed E-state index contributed by atoms with van der Waals surface area (Å²) in [5.41, 5.74) is 2.39. The predicted molar refractivity (Wildman–Crippen MR) is 109 cm³/mol.